The Morgan fingerprint density at radius 2 is 1.79 bits per heavy atom. The number of likely N-dealkylation sites (N-methyl/N-ethyl adjacent to an activating group) is 1. The molecule has 1 N–H and O–H groups in total. The third-order valence-electron chi connectivity index (χ3n) is 5.44. The molecule has 7 nitrogen and oxygen atoms in total. The molecule has 0 radical (unpaired) electrons. The zero-order chi connectivity index (χ0) is 24.0. The first-order valence-corrected chi connectivity index (χ1v) is 11.4. The van der Waals surface area contributed by atoms with E-state index in [9.17, 15) is 9.59 Å². The second-order valence-electron chi connectivity index (χ2n) is 9.41. The van der Waals surface area contributed by atoms with Gasteiger partial charge in [-0.05, 0) is 68.1 Å². The maximum absolute atomic E-state index is 12.4. The fourth-order valence-electron chi connectivity index (χ4n) is 3.80. The van der Waals surface area contributed by atoms with Gasteiger partial charge in [0, 0.05) is 32.4 Å². The summed E-state index contributed by atoms with van der Waals surface area (Å²) in [5, 5.41) is 2.52. The Bertz CT molecular complexity index is 978. The molecule has 1 fully saturated rings. The molecule has 1 saturated heterocycles. The number of ether oxygens (including phenoxy) is 2. The number of carbonyl (C=O) groups excluding carboxylic acids is 2. The lowest BCUT2D eigenvalue weighted by Crippen LogP contribution is -2.40. The van der Waals surface area contributed by atoms with Crippen LogP contribution in [0.2, 0.25) is 0 Å². The second-order valence-corrected chi connectivity index (χ2v) is 9.41. The summed E-state index contributed by atoms with van der Waals surface area (Å²) in [6.45, 7) is 11.2. The van der Waals surface area contributed by atoms with Gasteiger partial charge in [0.1, 0.15) is 12.1 Å². The lowest BCUT2D eigenvalue weighted by Gasteiger charge is -2.30. The molecule has 0 bridgehead atoms. The molecule has 0 aromatic heterocycles. The molecule has 7 heteroatoms. The van der Waals surface area contributed by atoms with Crippen LogP contribution in [0.4, 0.5) is 10.5 Å². The fraction of sp³-hybridized carbons (Fsp3) is 0.462. The van der Waals surface area contributed by atoms with Crippen LogP contribution in [-0.4, -0.2) is 62.4 Å². The van der Waals surface area contributed by atoms with Gasteiger partial charge in [-0.3, -0.25) is 4.79 Å². The van der Waals surface area contributed by atoms with E-state index in [1.807, 2.05) is 12.1 Å². The number of carbonyl (C=O) groups is 2. The summed E-state index contributed by atoms with van der Waals surface area (Å²) in [6.07, 6.45) is -0.595. The number of morpholine rings is 1. The quantitative estimate of drug-likeness (QED) is 0.716. The Balaban J connectivity index is 1.61. The van der Waals surface area contributed by atoms with Crippen LogP contribution < -0.4 is 10.2 Å². The predicted molar refractivity (Wildman–Crippen MR) is 130 cm³/mol. The van der Waals surface area contributed by atoms with Crippen LogP contribution in [0.1, 0.15) is 31.9 Å². The minimum Gasteiger partial charge on any atom is -0.444 e. The molecule has 1 aliphatic heterocycles. The average Bonchev–Trinajstić information content (AvgIpc) is 2.77. The van der Waals surface area contributed by atoms with Gasteiger partial charge in [-0.2, -0.15) is 0 Å². The lowest BCUT2D eigenvalue weighted by molar-refractivity contribution is -0.129. The Labute approximate surface area is 196 Å². The molecule has 0 atom stereocenters. The smallest absolute Gasteiger partial charge is 0.408 e. The van der Waals surface area contributed by atoms with Crippen molar-refractivity contribution in [1.29, 1.82) is 0 Å². The van der Waals surface area contributed by atoms with Gasteiger partial charge in [-0.1, -0.05) is 24.3 Å². The van der Waals surface area contributed by atoms with Gasteiger partial charge < -0.3 is 24.6 Å². The molecule has 2 aromatic rings. The van der Waals surface area contributed by atoms with Crippen molar-refractivity contribution in [2.24, 2.45) is 0 Å². The molecular formula is C26H35N3O4. The molecule has 2 aromatic carbocycles. The molecule has 0 aliphatic carbocycles. The first-order valence-electron chi connectivity index (χ1n) is 11.4. The minimum absolute atomic E-state index is 0.104. The van der Waals surface area contributed by atoms with Crippen LogP contribution in [0, 0.1) is 6.92 Å². The number of aryl methyl sites for hydroxylation is 1. The van der Waals surface area contributed by atoms with Crippen molar-refractivity contribution in [1.82, 2.24) is 10.2 Å². The van der Waals surface area contributed by atoms with Crippen molar-refractivity contribution in [3.8, 4) is 11.1 Å². The van der Waals surface area contributed by atoms with Gasteiger partial charge >= 0.3 is 6.09 Å². The van der Waals surface area contributed by atoms with Crippen LogP contribution >= 0.6 is 0 Å². The molecule has 1 heterocycles. The number of alkyl carbamates (subject to hydrolysis) is 1. The number of rotatable bonds is 6. The van der Waals surface area contributed by atoms with E-state index in [1.54, 1.807) is 32.7 Å². The molecular weight excluding hydrogens is 418 g/mol. The van der Waals surface area contributed by atoms with Crippen molar-refractivity contribution in [3.05, 3.63) is 53.6 Å². The van der Waals surface area contributed by atoms with Gasteiger partial charge in [0.15, 0.2) is 0 Å². The Kier molecular flexibility index (Phi) is 7.97. The van der Waals surface area contributed by atoms with Crippen molar-refractivity contribution in [3.63, 3.8) is 0 Å². The number of nitrogens with zero attached hydrogens (tertiary/aromatic N) is 2. The highest BCUT2D eigenvalue weighted by Crippen LogP contribution is 2.28. The molecule has 3 rings (SSSR count). The van der Waals surface area contributed by atoms with Gasteiger partial charge in [0.2, 0.25) is 5.91 Å². The maximum Gasteiger partial charge on any atom is 0.408 e. The van der Waals surface area contributed by atoms with Crippen LogP contribution in [0.25, 0.3) is 11.1 Å². The summed E-state index contributed by atoms with van der Waals surface area (Å²) in [6, 6.07) is 14.7. The first kappa shape index (κ1) is 24.6. The minimum atomic E-state index is -0.599. The number of hydrogen-bond donors (Lipinski definition) is 1. The van der Waals surface area contributed by atoms with Crippen LogP contribution in [0.5, 0.6) is 0 Å². The van der Waals surface area contributed by atoms with E-state index in [1.165, 1.54) is 11.3 Å². The van der Waals surface area contributed by atoms with E-state index in [0.29, 0.717) is 6.54 Å². The van der Waals surface area contributed by atoms with Crippen molar-refractivity contribution in [2.45, 2.75) is 39.8 Å². The van der Waals surface area contributed by atoms with Gasteiger partial charge in [0.05, 0.1) is 13.2 Å². The molecule has 178 valence electrons. The van der Waals surface area contributed by atoms with E-state index < -0.39 is 11.7 Å². The number of anilines is 1. The summed E-state index contributed by atoms with van der Waals surface area (Å²) in [4.78, 5) is 28.2. The second kappa shape index (κ2) is 10.7. The summed E-state index contributed by atoms with van der Waals surface area (Å²) in [5.41, 5.74) is 5.17. The summed E-state index contributed by atoms with van der Waals surface area (Å²) < 4.78 is 10.6. The van der Waals surface area contributed by atoms with E-state index in [4.69, 9.17) is 9.47 Å². The van der Waals surface area contributed by atoms with Crippen LogP contribution in [-0.2, 0) is 20.8 Å². The number of benzene rings is 2. The van der Waals surface area contributed by atoms with Gasteiger partial charge in [-0.25, -0.2) is 4.79 Å². The van der Waals surface area contributed by atoms with Gasteiger partial charge in [0.25, 0.3) is 0 Å². The SMILES string of the molecule is Cc1cc(-c2cccc(CN(C)C(=O)CNC(=O)OC(C)(C)C)c2)ccc1N1CCOCC1. The Morgan fingerprint density at radius 1 is 1.09 bits per heavy atom. The predicted octanol–water partition coefficient (Wildman–Crippen LogP) is 3.98. The number of hydrogen-bond acceptors (Lipinski definition) is 5. The van der Waals surface area contributed by atoms with Crippen LogP contribution in [0.3, 0.4) is 0 Å². The summed E-state index contributed by atoms with van der Waals surface area (Å²) in [5.74, 6) is -0.183. The van der Waals surface area contributed by atoms with E-state index >= 15 is 0 Å². The summed E-state index contributed by atoms with van der Waals surface area (Å²) in [7, 11) is 1.73. The van der Waals surface area contributed by atoms with Gasteiger partial charge in [-0.15, -0.1) is 0 Å². The van der Waals surface area contributed by atoms with Crippen molar-refractivity contribution >= 4 is 17.7 Å². The maximum atomic E-state index is 12.4. The molecule has 0 spiro atoms. The lowest BCUT2D eigenvalue weighted by atomic mass is 10.00. The molecule has 33 heavy (non-hydrogen) atoms. The average molecular weight is 454 g/mol. The van der Waals surface area contributed by atoms with E-state index in [-0.39, 0.29) is 12.5 Å². The highest BCUT2D eigenvalue weighted by molar-refractivity contribution is 5.82. The highest BCUT2D eigenvalue weighted by atomic mass is 16.6. The number of amides is 2. The Morgan fingerprint density at radius 3 is 2.45 bits per heavy atom. The largest absolute Gasteiger partial charge is 0.444 e. The van der Waals surface area contributed by atoms with E-state index in [0.717, 1.165) is 43.0 Å². The van der Waals surface area contributed by atoms with Crippen molar-refractivity contribution in [2.75, 3.05) is 44.8 Å². The fourth-order valence-corrected chi connectivity index (χ4v) is 3.80. The Hall–Kier alpha value is -3.06. The van der Waals surface area contributed by atoms with E-state index in [2.05, 4.69) is 47.5 Å². The standard InChI is InChI=1S/C26H35N3O4/c1-19-15-22(9-10-23(19)29-11-13-32-14-12-29)21-8-6-7-20(16-21)18-28(5)24(30)17-27-25(31)33-26(2,3)4/h6-10,15-16H,11-14,17-18H2,1-5H3,(H,27,31). The highest BCUT2D eigenvalue weighted by Gasteiger charge is 2.18. The molecule has 0 unspecified atom stereocenters. The molecule has 1 aliphatic rings. The monoisotopic (exact) mass is 453 g/mol. The zero-order valence-electron chi connectivity index (χ0n) is 20.3. The normalized spacial score (nSPS) is 14.0. The topological polar surface area (TPSA) is 71.1 Å². The third kappa shape index (κ3) is 7.22. The molecule has 0 saturated carbocycles. The first-order chi connectivity index (χ1) is 15.6. The van der Waals surface area contributed by atoms with Crippen molar-refractivity contribution < 1.29 is 19.1 Å². The third-order valence-corrected chi connectivity index (χ3v) is 5.44. The summed E-state index contributed by atoms with van der Waals surface area (Å²) >= 11 is 0. The van der Waals surface area contributed by atoms with Crippen LogP contribution in [0.15, 0.2) is 42.5 Å². The number of nitrogens with one attached hydrogen (secondary N) is 1. The molecule has 2 amide bonds. The zero-order valence-corrected chi connectivity index (χ0v) is 20.3.